The van der Waals surface area contributed by atoms with Crippen LogP contribution in [-0.4, -0.2) is 72.8 Å². The van der Waals surface area contributed by atoms with Gasteiger partial charge >= 0.3 is 0 Å². The van der Waals surface area contributed by atoms with Gasteiger partial charge in [0.25, 0.3) is 0 Å². The molecule has 2 fully saturated rings. The summed E-state index contributed by atoms with van der Waals surface area (Å²) >= 11 is 0. The molecule has 126 valence electrons. The Bertz CT molecular complexity index is 409. The number of carbonyl (C=O) groups is 2. The second-order valence-electron chi connectivity index (χ2n) is 7.80. The number of hydrogen-bond donors (Lipinski definition) is 0. The van der Waals surface area contributed by atoms with E-state index in [1.54, 1.807) is 0 Å². The Hall–Kier alpha value is -1.10. The molecule has 2 amide bonds. The van der Waals surface area contributed by atoms with Crippen LogP contribution in [0.4, 0.5) is 0 Å². The summed E-state index contributed by atoms with van der Waals surface area (Å²) < 4.78 is 0. The number of likely N-dealkylation sites (tertiary alicyclic amines) is 1. The second-order valence-corrected chi connectivity index (χ2v) is 7.80. The molecule has 0 radical (unpaired) electrons. The topological polar surface area (TPSA) is 43.9 Å². The largest absolute Gasteiger partial charge is 0.342 e. The number of carbonyl (C=O) groups excluding carboxylic acids is 2. The summed E-state index contributed by atoms with van der Waals surface area (Å²) in [6, 6.07) is 0. The van der Waals surface area contributed by atoms with E-state index in [9.17, 15) is 9.59 Å². The van der Waals surface area contributed by atoms with Crippen molar-refractivity contribution in [2.24, 2.45) is 11.3 Å². The van der Waals surface area contributed by atoms with Gasteiger partial charge in [-0.2, -0.15) is 0 Å². The van der Waals surface area contributed by atoms with E-state index < -0.39 is 0 Å². The first-order chi connectivity index (χ1) is 10.3. The molecule has 2 rings (SSSR count). The van der Waals surface area contributed by atoms with E-state index in [1.165, 1.54) is 0 Å². The van der Waals surface area contributed by atoms with E-state index in [4.69, 9.17) is 0 Å². The quantitative estimate of drug-likeness (QED) is 0.736. The van der Waals surface area contributed by atoms with E-state index in [0.29, 0.717) is 5.91 Å². The predicted octanol–water partition coefficient (Wildman–Crippen LogP) is 1.44. The van der Waals surface area contributed by atoms with Crippen LogP contribution in [0.1, 0.15) is 40.0 Å². The minimum Gasteiger partial charge on any atom is -0.342 e. The normalized spacial score (nSPS) is 22.5. The Kier molecular flexibility index (Phi) is 5.48. The molecule has 2 aliphatic heterocycles. The average molecular weight is 309 g/mol. The molecule has 5 heteroatoms. The van der Waals surface area contributed by atoms with Crippen LogP contribution in [0.25, 0.3) is 0 Å². The van der Waals surface area contributed by atoms with Gasteiger partial charge in [-0.05, 0) is 32.9 Å². The van der Waals surface area contributed by atoms with Crippen molar-refractivity contribution in [1.82, 2.24) is 14.7 Å². The summed E-state index contributed by atoms with van der Waals surface area (Å²) in [6.07, 6.45) is 2.68. The lowest BCUT2D eigenvalue weighted by Crippen LogP contribution is -2.47. The van der Waals surface area contributed by atoms with Crippen LogP contribution >= 0.6 is 0 Å². The molecule has 2 heterocycles. The van der Waals surface area contributed by atoms with Crippen molar-refractivity contribution in [2.45, 2.75) is 40.0 Å². The van der Waals surface area contributed by atoms with E-state index in [2.05, 4.69) is 11.9 Å². The molecule has 0 bridgehead atoms. The first-order valence-corrected chi connectivity index (χ1v) is 8.56. The molecule has 5 nitrogen and oxygen atoms in total. The van der Waals surface area contributed by atoms with Crippen molar-refractivity contribution in [3.63, 3.8) is 0 Å². The number of piperidine rings is 1. The molecular formula is C17H31N3O2. The molecule has 0 aliphatic carbocycles. The lowest BCUT2D eigenvalue weighted by molar-refractivity contribution is -0.144. The van der Waals surface area contributed by atoms with Gasteiger partial charge in [-0.15, -0.1) is 0 Å². The van der Waals surface area contributed by atoms with Crippen LogP contribution in [0, 0.1) is 11.3 Å². The molecule has 22 heavy (non-hydrogen) atoms. The zero-order valence-corrected chi connectivity index (χ0v) is 14.6. The molecule has 0 aromatic carbocycles. The molecule has 2 aliphatic rings. The fourth-order valence-electron chi connectivity index (χ4n) is 3.33. The van der Waals surface area contributed by atoms with Crippen LogP contribution in [0.15, 0.2) is 0 Å². The molecule has 0 atom stereocenters. The van der Waals surface area contributed by atoms with Crippen LogP contribution in [-0.2, 0) is 9.59 Å². The van der Waals surface area contributed by atoms with Crippen molar-refractivity contribution >= 4 is 11.8 Å². The van der Waals surface area contributed by atoms with Gasteiger partial charge in [0.2, 0.25) is 11.8 Å². The Morgan fingerprint density at radius 2 is 1.50 bits per heavy atom. The number of nitrogens with zero attached hydrogens (tertiary/aromatic N) is 3. The highest BCUT2D eigenvalue weighted by Crippen LogP contribution is 2.25. The van der Waals surface area contributed by atoms with Crippen molar-refractivity contribution in [3.05, 3.63) is 0 Å². The van der Waals surface area contributed by atoms with Gasteiger partial charge in [0.15, 0.2) is 0 Å². The molecule has 0 N–H and O–H groups in total. The number of hydrogen-bond acceptors (Lipinski definition) is 3. The number of rotatable bonds is 1. The van der Waals surface area contributed by atoms with Crippen molar-refractivity contribution in [3.8, 4) is 0 Å². The molecule has 0 spiro atoms. The van der Waals surface area contributed by atoms with Crippen molar-refractivity contribution in [1.29, 1.82) is 0 Å². The smallest absolute Gasteiger partial charge is 0.227 e. The summed E-state index contributed by atoms with van der Waals surface area (Å²) in [6.45, 7) is 11.1. The van der Waals surface area contributed by atoms with Gasteiger partial charge in [0.1, 0.15) is 0 Å². The predicted molar refractivity (Wildman–Crippen MR) is 87.5 cm³/mol. The van der Waals surface area contributed by atoms with E-state index in [-0.39, 0.29) is 17.2 Å². The van der Waals surface area contributed by atoms with Gasteiger partial charge in [-0.25, -0.2) is 0 Å². The standard InChI is InChI=1S/C17H31N3O2/c1-17(2,3)16(22)20-10-6-14(7-11-20)15(21)19-9-5-8-18(4)12-13-19/h14H,5-13H2,1-4H3. The van der Waals surface area contributed by atoms with Gasteiger partial charge < -0.3 is 14.7 Å². The van der Waals surface area contributed by atoms with Crippen molar-refractivity contribution in [2.75, 3.05) is 46.3 Å². The van der Waals surface area contributed by atoms with Gasteiger partial charge in [0, 0.05) is 44.1 Å². The summed E-state index contributed by atoms with van der Waals surface area (Å²) in [4.78, 5) is 31.3. The highest BCUT2D eigenvalue weighted by atomic mass is 16.2. The van der Waals surface area contributed by atoms with E-state index >= 15 is 0 Å². The number of likely N-dealkylation sites (N-methyl/N-ethyl adjacent to an activating group) is 1. The Morgan fingerprint density at radius 3 is 2.09 bits per heavy atom. The van der Waals surface area contributed by atoms with E-state index in [0.717, 1.165) is 58.5 Å². The van der Waals surface area contributed by atoms with Gasteiger partial charge in [-0.3, -0.25) is 9.59 Å². The zero-order valence-electron chi connectivity index (χ0n) is 14.6. The van der Waals surface area contributed by atoms with Crippen LogP contribution in [0.2, 0.25) is 0 Å². The van der Waals surface area contributed by atoms with Crippen LogP contribution in [0.5, 0.6) is 0 Å². The van der Waals surface area contributed by atoms with Crippen LogP contribution < -0.4 is 0 Å². The van der Waals surface area contributed by atoms with Gasteiger partial charge in [-0.1, -0.05) is 20.8 Å². The fourth-order valence-corrected chi connectivity index (χ4v) is 3.33. The maximum Gasteiger partial charge on any atom is 0.227 e. The lowest BCUT2D eigenvalue weighted by atomic mass is 9.90. The second kappa shape index (κ2) is 6.99. The molecule has 0 saturated carbocycles. The maximum atomic E-state index is 12.7. The third-order valence-corrected chi connectivity index (χ3v) is 4.80. The first-order valence-electron chi connectivity index (χ1n) is 8.56. The van der Waals surface area contributed by atoms with Gasteiger partial charge in [0.05, 0.1) is 0 Å². The van der Waals surface area contributed by atoms with Crippen LogP contribution in [0.3, 0.4) is 0 Å². The SMILES string of the molecule is CN1CCCN(C(=O)C2CCN(C(=O)C(C)(C)C)CC2)CC1. The summed E-state index contributed by atoms with van der Waals surface area (Å²) in [5, 5.41) is 0. The molecule has 0 aromatic rings. The molecule has 0 aromatic heterocycles. The zero-order chi connectivity index (χ0) is 16.3. The Balaban J connectivity index is 1.86. The Morgan fingerprint density at radius 1 is 0.864 bits per heavy atom. The maximum absolute atomic E-state index is 12.7. The summed E-state index contributed by atoms with van der Waals surface area (Å²) in [5.74, 6) is 0.611. The number of amides is 2. The lowest BCUT2D eigenvalue weighted by Gasteiger charge is -2.36. The van der Waals surface area contributed by atoms with Crippen molar-refractivity contribution < 1.29 is 9.59 Å². The Labute approximate surface area is 134 Å². The first kappa shape index (κ1) is 17.3. The monoisotopic (exact) mass is 309 g/mol. The summed E-state index contributed by atoms with van der Waals surface area (Å²) in [7, 11) is 2.12. The minimum absolute atomic E-state index is 0.104. The highest BCUT2D eigenvalue weighted by Gasteiger charge is 2.34. The molecule has 0 unspecified atom stereocenters. The average Bonchev–Trinajstić information content (AvgIpc) is 2.70. The third-order valence-electron chi connectivity index (χ3n) is 4.80. The fraction of sp³-hybridized carbons (Fsp3) is 0.882. The molecule has 2 saturated heterocycles. The molecular weight excluding hydrogens is 278 g/mol. The minimum atomic E-state index is -0.327. The summed E-state index contributed by atoms with van der Waals surface area (Å²) in [5.41, 5.74) is -0.327. The third kappa shape index (κ3) is 4.22. The highest BCUT2D eigenvalue weighted by molar-refractivity contribution is 5.82. The van der Waals surface area contributed by atoms with E-state index in [1.807, 2.05) is 30.6 Å².